The zero-order valence-electron chi connectivity index (χ0n) is 36.8. The van der Waals surface area contributed by atoms with Gasteiger partial charge in [0.05, 0.1) is 31.0 Å². The van der Waals surface area contributed by atoms with Crippen LogP contribution in [0.2, 0.25) is 0 Å². The van der Waals surface area contributed by atoms with Crippen LogP contribution in [0, 0.1) is 23.7 Å². The number of benzene rings is 1. The summed E-state index contributed by atoms with van der Waals surface area (Å²) in [6.07, 6.45) is 3.68. The lowest BCUT2D eigenvalue weighted by atomic mass is 9.73. The van der Waals surface area contributed by atoms with Crippen molar-refractivity contribution in [1.29, 1.82) is 0 Å². The predicted molar refractivity (Wildman–Crippen MR) is 222 cm³/mol. The summed E-state index contributed by atoms with van der Waals surface area (Å²) in [5.41, 5.74) is -1.84. The van der Waals surface area contributed by atoms with Gasteiger partial charge in [-0.2, -0.15) is 0 Å². The third-order valence-electron chi connectivity index (χ3n) is 13.0. The zero-order chi connectivity index (χ0) is 43.6. The molecule has 326 valence electrons. The van der Waals surface area contributed by atoms with E-state index >= 15 is 0 Å². The number of Topliss-reactive ketones (excluding diaryl/α,β-unsaturated/α-hetero) is 2. The van der Waals surface area contributed by atoms with E-state index in [0.717, 1.165) is 22.1 Å². The largest absolute Gasteiger partial charge is 0.497 e. The van der Waals surface area contributed by atoms with Gasteiger partial charge in [-0.15, -0.1) is 0 Å². The maximum Gasteiger partial charge on any atom is 0.410 e. The molecular formula is C45H65N3O11. The van der Waals surface area contributed by atoms with Crippen molar-refractivity contribution in [1.82, 2.24) is 14.8 Å². The van der Waals surface area contributed by atoms with Gasteiger partial charge in [0.2, 0.25) is 0 Å². The van der Waals surface area contributed by atoms with Crippen LogP contribution >= 0.6 is 0 Å². The molecule has 0 unspecified atom stereocenters. The van der Waals surface area contributed by atoms with Crippen molar-refractivity contribution >= 4 is 40.5 Å². The molecule has 0 radical (unpaired) electrons. The van der Waals surface area contributed by atoms with Gasteiger partial charge in [-0.05, 0) is 91.1 Å². The molecule has 3 saturated heterocycles. The topological polar surface area (TPSA) is 163 Å². The molecular weight excluding hydrogens is 759 g/mol. The Kier molecular flexibility index (Phi) is 14.7. The molecule has 5 rings (SSSR count). The number of methoxy groups -OCH3 is 2. The number of ether oxygens (including phenoxy) is 6. The highest BCUT2D eigenvalue weighted by molar-refractivity contribution is 6.00. The molecule has 3 fully saturated rings. The number of carbonyl (C=O) groups is 4. The van der Waals surface area contributed by atoms with Crippen LogP contribution in [0.3, 0.4) is 0 Å². The van der Waals surface area contributed by atoms with Gasteiger partial charge in [-0.25, -0.2) is 4.79 Å². The third kappa shape index (κ3) is 9.36. The number of aliphatic hydroxyl groups is 1. The summed E-state index contributed by atoms with van der Waals surface area (Å²) in [7, 11) is 6.85. The van der Waals surface area contributed by atoms with Crippen molar-refractivity contribution in [3.05, 3.63) is 42.2 Å². The van der Waals surface area contributed by atoms with E-state index in [1.54, 1.807) is 59.0 Å². The third-order valence-corrected chi connectivity index (χ3v) is 13.0. The van der Waals surface area contributed by atoms with Crippen LogP contribution in [0.15, 0.2) is 36.7 Å². The first kappa shape index (κ1) is 46.1. The fourth-order valence-electron chi connectivity index (χ4n) is 9.56. The second-order valence-corrected chi connectivity index (χ2v) is 17.4. The maximum atomic E-state index is 14.7. The summed E-state index contributed by atoms with van der Waals surface area (Å²) in [5, 5.41) is 13.4. The number of fused-ring (bicyclic) bond motifs is 2. The number of carbonyl (C=O) groups excluding carboxylic acids is 4. The number of ketones is 2. The standard InChI is InChI=1S/C45H65N3O11/c1-13-35-45(8)39(48(43(53)59-45)19-15-14-16-30-23-46-24-31-17-18-32(54-11)21-33(30)31)27(4)36(49)25(2)22-44(7,55-12)40(28(5)37(50)29(6)41(52)57-35)58-42-38(51)34(47(9)10)20-26(3)56-42/h14,16-18,21,23-29,34-35,38-40,42,51H,13,15,19-20,22H2,1-12H3/b16-14+/t25-,26-,27+,28+,29-,34+,35-,38-,39-,40-,42+,44-,45-/m1/s1. The lowest BCUT2D eigenvalue weighted by Crippen LogP contribution is -2.60. The first-order valence-corrected chi connectivity index (χ1v) is 20.9. The zero-order valence-corrected chi connectivity index (χ0v) is 36.8. The molecule has 59 heavy (non-hydrogen) atoms. The van der Waals surface area contributed by atoms with Gasteiger partial charge in [-0.1, -0.05) is 39.8 Å². The monoisotopic (exact) mass is 823 g/mol. The Balaban J connectivity index is 1.49. The Labute approximate surface area is 348 Å². The number of pyridine rings is 1. The summed E-state index contributed by atoms with van der Waals surface area (Å²) in [6.45, 7) is 14.1. The molecule has 1 N–H and O–H groups in total. The van der Waals surface area contributed by atoms with E-state index in [9.17, 15) is 24.3 Å². The van der Waals surface area contributed by atoms with Crippen LogP contribution in [0.5, 0.6) is 5.75 Å². The highest BCUT2D eigenvalue weighted by atomic mass is 16.7. The summed E-state index contributed by atoms with van der Waals surface area (Å²) in [6, 6.07) is 4.65. The van der Waals surface area contributed by atoms with Gasteiger partial charge < -0.3 is 43.3 Å². The molecule has 0 spiro atoms. The van der Waals surface area contributed by atoms with Gasteiger partial charge in [0.1, 0.15) is 29.7 Å². The molecule has 13 atom stereocenters. The number of rotatable bonds is 10. The van der Waals surface area contributed by atoms with Crippen molar-refractivity contribution < 1.29 is 52.7 Å². The Morgan fingerprint density at radius 2 is 1.73 bits per heavy atom. The van der Waals surface area contributed by atoms with Crippen molar-refractivity contribution in [2.75, 3.05) is 34.9 Å². The van der Waals surface area contributed by atoms with E-state index in [-0.39, 0.29) is 37.3 Å². The van der Waals surface area contributed by atoms with Crippen LogP contribution in [0.25, 0.3) is 16.8 Å². The van der Waals surface area contributed by atoms with E-state index in [2.05, 4.69) is 4.98 Å². The molecule has 3 aliphatic rings. The van der Waals surface area contributed by atoms with E-state index in [4.69, 9.17) is 28.4 Å². The van der Waals surface area contributed by atoms with Gasteiger partial charge in [0, 0.05) is 60.8 Å². The Morgan fingerprint density at radius 3 is 2.37 bits per heavy atom. The number of amides is 1. The molecule has 2 aromatic rings. The summed E-state index contributed by atoms with van der Waals surface area (Å²) in [4.78, 5) is 64.8. The van der Waals surface area contributed by atoms with E-state index in [1.807, 2.05) is 63.2 Å². The SMILES string of the molecule is CC[C@H]1OC(=O)[C@H](C)C(=O)[C@H](C)[C@@H](O[C@@H]2O[C@H](C)C[C@H](N(C)C)[C@H]2O)[C@](C)(OC)C[C@@H](C)C(=O)[C@H](C)[C@H]2N(CC/C=C/c3cncc4ccc(OC)cc34)C(=O)O[C@]12C. The molecule has 4 heterocycles. The van der Waals surface area contributed by atoms with Crippen molar-refractivity contribution in [3.63, 3.8) is 0 Å². The molecule has 3 aliphatic heterocycles. The minimum Gasteiger partial charge on any atom is -0.497 e. The lowest BCUT2D eigenvalue weighted by Gasteiger charge is -2.47. The van der Waals surface area contributed by atoms with Crippen LogP contribution in [0.4, 0.5) is 4.79 Å². The molecule has 0 bridgehead atoms. The first-order valence-electron chi connectivity index (χ1n) is 20.9. The molecule has 14 nitrogen and oxygen atoms in total. The fraction of sp³-hybridized carbons (Fsp3) is 0.667. The Morgan fingerprint density at radius 1 is 1.02 bits per heavy atom. The number of likely N-dealkylation sites (N-methyl/N-ethyl adjacent to an activating group) is 1. The maximum absolute atomic E-state index is 14.7. The lowest BCUT2D eigenvalue weighted by molar-refractivity contribution is -0.295. The molecule has 1 amide bonds. The second-order valence-electron chi connectivity index (χ2n) is 17.4. The Hall–Kier alpha value is -3.95. The van der Waals surface area contributed by atoms with E-state index in [1.165, 1.54) is 14.0 Å². The number of hydrogen-bond donors (Lipinski definition) is 1. The number of esters is 1. The van der Waals surface area contributed by atoms with E-state index < -0.39 is 83.4 Å². The minimum atomic E-state index is -1.43. The highest BCUT2D eigenvalue weighted by Crippen LogP contribution is 2.43. The summed E-state index contributed by atoms with van der Waals surface area (Å²) in [5.74, 6) is -4.34. The minimum absolute atomic E-state index is 0.116. The smallest absolute Gasteiger partial charge is 0.410 e. The van der Waals surface area contributed by atoms with Crippen LogP contribution in [-0.4, -0.2) is 132 Å². The number of cyclic esters (lactones) is 1. The number of nitrogens with zero attached hydrogens (tertiary/aromatic N) is 3. The van der Waals surface area contributed by atoms with Crippen molar-refractivity contribution in [2.45, 2.75) is 135 Å². The predicted octanol–water partition coefficient (Wildman–Crippen LogP) is 5.85. The molecule has 1 aromatic heterocycles. The molecule has 0 aliphatic carbocycles. The fourth-order valence-corrected chi connectivity index (χ4v) is 9.56. The normalized spacial score (nSPS) is 36.4. The van der Waals surface area contributed by atoms with Crippen LogP contribution < -0.4 is 4.74 Å². The van der Waals surface area contributed by atoms with Gasteiger partial charge in [0.15, 0.2) is 17.7 Å². The highest BCUT2D eigenvalue weighted by Gasteiger charge is 2.60. The van der Waals surface area contributed by atoms with Crippen molar-refractivity contribution in [3.8, 4) is 5.75 Å². The van der Waals surface area contributed by atoms with Crippen LogP contribution in [-0.2, 0) is 38.1 Å². The molecule has 0 saturated carbocycles. The molecule has 1 aromatic carbocycles. The van der Waals surface area contributed by atoms with Crippen molar-refractivity contribution in [2.24, 2.45) is 23.7 Å². The number of aliphatic hydroxyl groups excluding tert-OH is 1. The van der Waals surface area contributed by atoms with Gasteiger partial charge in [0.25, 0.3) is 0 Å². The van der Waals surface area contributed by atoms with Crippen LogP contribution in [0.1, 0.15) is 86.6 Å². The Bertz CT molecular complexity index is 1870. The quantitative estimate of drug-likeness (QED) is 0.225. The number of hydrogen-bond acceptors (Lipinski definition) is 13. The first-order chi connectivity index (χ1) is 27.8. The molecule has 14 heteroatoms. The van der Waals surface area contributed by atoms with E-state index in [0.29, 0.717) is 12.8 Å². The van der Waals surface area contributed by atoms with Gasteiger partial charge in [-0.3, -0.25) is 19.4 Å². The summed E-state index contributed by atoms with van der Waals surface area (Å²) >= 11 is 0. The summed E-state index contributed by atoms with van der Waals surface area (Å²) < 4.78 is 36.7. The van der Waals surface area contributed by atoms with Gasteiger partial charge >= 0.3 is 12.1 Å². The second kappa shape index (κ2) is 18.8. The average Bonchev–Trinajstić information content (AvgIpc) is 3.47. The average molecular weight is 824 g/mol. The number of aromatic nitrogens is 1.